The molecular weight excluding hydrogens is 767 g/mol. The first-order valence-electron chi connectivity index (χ1n) is 12.9. The van der Waals surface area contributed by atoms with Crippen LogP contribution in [-0.2, 0) is 0 Å². The number of hydrogen-bond donors (Lipinski definition) is 4. The number of halogens is 2. The number of nitrogens with zero attached hydrogens (tertiary/aromatic N) is 4. The van der Waals surface area contributed by atoms with Crippen LogP contribution in [0.5, 0.6) is 20.9 Å². The Hall–Kier alpha value is -5.74. The summed E-state index contributed by atoms with van der Waals surface area (Å²) in [6, 6.07) is 19.7. The Kier molecular flexibility index (Phi) is 13.6. The fraction of sp³-hybridized carbons (Fsp3) is 0. The van der Waals surface area contributed by atoms with Gasteiger partial charge in [-0.1, -0.05) is 118 Å². The van der Waals surface area contributed by atoms with Crippen molar-refractivity contribution in [3.8, 4) is 42.5 Å². The molecule has 50 heavy (non-hydrogen) atoms. The minimum absolute atomic E-state index is 0.0208. The minimum atomic E-state index is -0.993. The minimum Gasteiger partial charge on any atom is -0.501 e. The molecule has 4 N–H and O–H groups in total. The summed E-state index contributed by atoms with van der Waals surface area (Å²) in [5.41, 5.74) is 0.660. The normalized spacial score (nSPS) is 9.96. The zero-order chi connectivity index (χ0) is 37.1. The van der Waals surface area contributed by atoms with E-state index in [2.05, 4.69) is 0 Å². The fourth-order valence-electron chi connectivity index (χ4n) is 3.51. The second-order valence-corrected chi connectivity index (χ2v) is 12.9. The van der Waals surface area contributed by atoms with E-state index < -0.39 is 41.9 Å². The molecule has 0 amide bonds. The average molecular weight is 785 g/mol. The lowest BCUT2D eigenvalue weighted by molar-refractivity contribution is -0.388. The van der Waals surface area contributed by atoms with Crippen molar-refractivity contribution in [2.45, 2.75) is 0 Å². The Balaban J connectivity index is 0.000000184. The molecule has 0 saturated carbocycles. The molecular formula is C28H18ClFN4O12S4. The van der Waals surface area contributed by atoms with Crippen LogP contribution in [0.1, 0.15) is 0 Å². The monoisotopic (exact) mass is 784 g/mol. The van der Waals surface area contributed by atoms with Crippen LogP contribution in [0.15, 0.2) is 82.9 Å². The van der Waals surface area contributed by atoms with Gasteiger partial charge < -0.3 is 20.4 Å². The van der Waals surface area contributed by atoms with Crippen molar-refractivity contribution in [3.63, 3.8) is 0 Å². The van der Waals surface area contributed by atoms with Crippen LogP contribution < -0.4 is 0 Å². The molecule has 0 aliphatic carbocycles. The average Bonchev–Trinajstić information content (AvgIpc) is 3.84. The Morgan fingerprint density at radius 3 is 1.50 bits per heavy atom. The molecule has 6 rings (SSSR count). The highest BCUT2D eigenvalue weighted by atomic mass is 35.5. The van der Waals surface area contributed by atoms with Crippen LogP contribution in [-0.4, -0.2) is 40.1 Å². The summed E-state index contributed by atoms with van der Waals surface area (Å²) in [4.78, 5) is 38.9. The van der Waals surface area contributed by atoms with Crippen molar-refractivity contribution in [1.82, 2.24) is 0 Å². The highest BCUT2D eigenvalue weighted by Crippen LogP contribution is 2.43. The molecule has 0 radical (unpaired) electrons. The summed E-state index contributed by atoms with van der Waals surface area (Å²) in [5, 5.41) is 79.8. The van der Waals surface area contributed by atoms with Crippen molar-refractivity contribution in [1.29, 1.82) is 0 Å². The van der Waals surface area contributed by atoms with Crippen molar-refractivity contribution in [3.05, 3.63) is 134 Å². The number of benzene rings is 2. The highest BCUT2D eigenvalue weighted by molar-refractivity contribution is 7.17. The first-order valence-corrected chi connectivity index (χ1v) is 16.7. The Labute approximate surface area is 299 Å². The highest BCUT2D eigenvalue weighted by Gasteiger charge is 2.23. The zero-order valence-electron chi connectivity index (χ0n) is 24.3. The van der Waals surface area contributed by atoms with Gasteiger partial charge in [-0.25, -0.2) is 0 Å². The topological polar surface area (TPSA) is 253 Å². The van der Waals surface area contributed by atoms with Gasteiger partial charge in [0.1, 0.15) is 5.02 Å². The molecule has 0 fully saturated rings. The van der Waals surface area contributed by atoms with E-state index in [0.29, 0.717) is 21.8 Å². The van der Waals surface area contributed by atoms with E-state index in [1.807, 2.05) is 48.5 Å². The van der Waals surface area contributed by atoms with Crippen LogP contribution in [0.2, 0.25) is 5.02 Å². The summed E-state index contributed by atoms with van der Waals surface area (Å²) in [7, 11) is 0. The van der Waals surface area contributed by atoms with E-state index in [9.17, 15) is 55.1 Å². The van der Waals surface area contributed by atoms with Gasteiger partial charge in [-0.3, -0.25) is 40.5 Å². The molecule has 0 saturated heterocycles. The van der Waals surface area contributed by atoms with Crippen LogP contribution >= 0.6 is 56.9 Å². The molecule has 0 spiro atoms. The van der Waals surface area contributed by atoms with Gasteiger partial charge in [0.15, 0.2) is 0 Å². The second kappa shape index (κ2) is 17.6. The molecule has 0 aliphatic rings. The standard InChI is InChI=1S/2C10H7NO3S.C4H2ClNO3S.C4H2FNO3S/c12-10-8(11(13)14)6-9(15-10)7-4-2-1-3-5-7;12-9-8(6-15-10(9)11(13)14)7-4-2-1-3-5-7;2*5-2-1-10-4(7)3(2)6(8)9/h2*1-6,12H;2*1,7H. The molecule has 2 aromatic carbocycles. The molecule has 260 valence electrons. The number of rotatable bonds is 6. The van der Waals surface area contributed by atoms with E-state index in [0.717, 1.165) is 50.5 Å². The Morgan fingerprint density at radius 1 is 0.620 bits per heavy atom. The lowest BCUT2D eigenvalue weighted by Gasteiger charge is -1.96. The number of thiophene rings is 4. The molecule has 0 aliphatic heterocycles. The molecule has 16 nitrogen and oxygen atoms in total. The molecule has 0 bridgehead atoms. The summed E-state index contributed by atoms with van der Waals surface area (Å²) < 4.78 is 12.3. The number of hydrogen-bond acceptors (Lipinski definition) is 16. The maximum Gasteiger partial charge on any atom is 0.366 e. The first-order chi connectivity index (χ1) is 23.6. The van der Waals surface area contributed by atoms with Gasteiger partial charge in [0.2, 0.25) is 11.6 Å². The SMILES string of the molecule is O=[N+]([O-])c1c(Cl)csc1O.O=[N+]([O-])c1c(F)csc1O.O=[N+]([O-])c1cc(-c2ccccc2)sc1O.O=[N+]([O-])c1scc(-c2ccccc2)c1O. The van der Waals surface area contributed by atoms with E-state index >= 15 is 0 Å². The van der Waals surface area contributed by atoms with Gasteiger partial charge in [0, 0.05) is 32.6 Å². The molecule has 6 aromatic rings. The van der Waals surface area contributed by atoms with Crippen molar-refractivity contribution >= 4 is 79.0 Å². The smallest absolute Gasteiger partial charge is 0.366 e. The Bertz CT molecular complexity index is 2010. The molecule has 0 unspecified atom stereocenters. The molecule has 0 atom stereocenters. The molecule has 4 heterocycles. The van der Waals surface area contributed by atoms with Crippen LogP contribution in [0.3, 0.4) is 0 Å². The lowest BCUT2D eigenvalue weighted by Crippen LogP contribution is -1.87. The summed E-state index contributed by atoms with van der Waals surface area (Å²) >= 11 is 8.73. The largest absolute Gasteiger partial charge is 0.501 e. The Morgan fingerprint density at radius 2 is 1.14 bits per heavy atom. The maximum absolute atomic E-state index is 12.3. The van der Waals surface area contributed by atoms with Gasteiger partial charge in [-0.05, 0) is 11.1 Å². The van der Waals surface area contributed by atoms with Crippen molar-refractivity contribution in [2.24, 2.45) is 0 Å². The van der Waals surface area contributed by atoms with Gasteiger partial charge in [-0.15, -0.1) is 0 Å². The predicted molar refractivity (Wildman–Crippen MR) is 186 cm³/mol. The quantitative estimate of drug-likeness (QED) is 0.0909. The summed E-state index contributed by atoms with van der Waals surface area (Å²) in [6.07, 6.45) is 0. The van der Waals surface area contributed by atoms with E-state index in [-0.39, 0.29) is 31.6 Å². The third kappa shape index (κ3) is 9.90. The van der Waals surface area contributed by atoms with Gasteiger partial charge in [0.05, 0.1) is 19.7 Å². The molecule has 22 heteroatoms. The van der Waals surface area contributed by atoms with E-state index in [1.165, 1.54) is 11.4 Å². The number of aromatic hydroxyl groups is 4. The predicted octanol–water partition coefficient (Wildman–Crippen LogP) is 9.57. The van der Waals surface area contributed by atoms with Gasteiger partial charge in [0.25, 0.3) is 15.2 Å². The van der Waals surface area contributed by atoms with E-state index in [4.69, 9.17) is 21.8 Å². The van der Waals surface area contributed by atoms with Crippen molar-refractivity contribution in [2.75, 3.05) is 0 Å². The first kappa shape index (κ1) is 38.7. The molecule has 4 aromatic heterocycles. The summed E-state index contributed by atoms with van der Waals surface area (Å²) in [5.74, 6) is -1.25. The second-order valence-electron chi connectivity index (χ2n) is 8.84. The van der Waals surface area contributed by atoms with Crippen LogP contribution in [0.4, 0.5) is 26.5 Å². The lowest BCUT2D eigenvalue weighted by atomic mass is 10.1. The van der Waals surface area contributed by atoms with Gasteiger partial charge in [-0.2, -0.15) is 4.39 Å². The maximum atomic E-state index is 12.3. The van der Waals surface area contributed by atoms with Gasteiger partial charge >= 0.3 is 22.1 Å². The van der Waals surface area contributed by atoms with Crippen LogP contribution in [0, 0.1) is 46.3 Å². The third-order valence-electron chi connectivity index (χ3n) is 5.72. The van der Waals surface area contributed by atoms with E-state index in [1.54, 1.807) is 17.5 Å². The fourth-order valence-corrected chi connectivity index (χ4v) is 6.75. The number of nitro groups is 4. The summed E-state index contributed by atoms with van der Waals surface area (Å²) in [6.45, 7) is 0. The third-order valence-corrected chi connectivity index (χ3v) is 9.54. The zero-order valence-corrected chi connectivity index (χ0v) is 28.3. The van der Waals surface area contributed by atoms with Crippen molar-refractivity contribution < 1.29 is 44.5 Å². The van der Waals surface area contributed by atoms with Crippen LogP contribution in [0.25, 0.3) is 21.6 Å².